The van der Waals surface area contributed by atoms with E-state index in [-0.39, 0.29) is 17.9 Å². The molecule has 0 aliphatic heterocycles. The van der Waals surface area contributed by atoms with Crippen molar-refractivity contribution in [2.45, 2.75) is 47.1 Å². The predicted molar refractivity (Wildman–Crippen MR) is 86.8 cm³/mol. The smallest absolute Gasteiger partial charge is 0.257 e. The monoisotopic (exact) mass is 300 g/mol. The molecule has 1 amide bonds. The van der Waals surface area contributed by atoms with E-state index in [4.69, 9.17) is 4.52 Å². The van der Waals surface area contributed by atoms with Gasteiger partial charge in [-0.3, -0.25) is 4.79 Å². The second-order valence-corrected chi connectivity index (χ2v) is 5.99. The molecule has 0 radical (unpaired) electrons. The van der Waals surface area contributed by atoms with Crippen molar-refractivity contribution in [2.75, 3.05) is 0 Å². The van der Waals surface area contributed by atoms with Gasteiger partial charge in [0.05, 0.1) is 11.7 Å². The summed E-state index contributed by atoms with van der Waals surface area (Å²) in [5.41, 5.74) is 3.57. The standard InChI is InChI=1S/C18H24N2O2/c1-6-14-7-9-15(10-8-14)17(11(2)3)19-18(21)16-12(4)20-22-13(16)5/h7-11,17H,6H2,1-5H3,(H,19,21)/t17-/m1/s1. The lowest BCUT2D eigenvalue weighted by atomic mass is 9.94. The number of benzene rings is 1. The number of hydrogen-bond donors (Lipinski definition) is 1. The molecule has 0 bridgehead atoms. The van der Waals surface area contributed by atoms with Crippen LogP contribution >= 0.6 is 0 Å². The highest BCUT2D eigenvalue weighted by Crippen LogP contribution is 2.23. The minimum Gasteiger partial charge on any atom is -0.361 e. The quantitative estimate of drug-likeness (QED) is 0.908. The van der Waals surface area contributed by atoms with Crippen LogP contribution in [0.2, 0.25) is 0 Å². The Morgan fingerprint density at radius 3 is 2.32 bits per heavy atom. The number of carbonyl (C=O) groups excluding carboxylic acids is 1. The number of hydrogen-bond acceptors (Lipinski definition) is 3. The van der Waals surface area contributed by atoms with Crippen molar-refractivity contribution in [2.24, 2.45) is 5.92 Å². The molecule has 1 atom stereocenters. The number of nitrogens with zero attached hydrogens (tertiary/aromatic N) is 1. The maximum Gasteiger partial charge on any atom is 0.257 e. The maximum atomic E-state index is 12.5. The molecule has 0 spiro atoms. The van der Waals surface area contributed by atoms with Crippen molar-refractivity contribution in [1.29, 1.82) is 0 Å². The fourth-order valence-corrected chi connectivity index (χ4v) is 2.62. The van der Waals surface area contributed by atoms with Gasteiger partial charge in [0.15, 0.2) is 0 Å². The predicted octanol–water partition coefficient (Wildman–Crippen LogP) is 3.98. The van der Waals surface area contributed by atoms with Crippen LogP contribution in [0.1, 0.15) is 59.8 Å². The van der Waals surface area contributed by atoms with Gasteiger partial charge in [-0.15, -0.1) is 0 Å². The Labute approximate surface area is 131 Å². The van der Waals surface area contributed by atoms with E-state index in [1.807, 2.05) is 0 Å². The van der Waals surface area contributed by atoms with E-state index in [0.717, 1.165) is 12.0 Å². The van der Waals surface area contributed by atoms with Crippen molar-refractivity contribution in [3.05, 3.63) is 52.4 Å². The molecule has 2 rings (SSSR count). The van der Waals surface area contributed by atoms with Gasteiger partial charge in [0.2, 0.25) is 0 Å². The summed E-state index contributed by atoms with van der Waals surface area (Å²) in [6.07, 6.45) is 1.01. The highest BCUT2D eigenvalue weighted by molar-refractivity contribution is 5.96. The molecule has 4 heteroatoms. The molecule has 0 saturated carbocycles. The fourth-order valence-electron chi connectivity index (χ4n) is 2.62. The topological polar surface area (TPSA) is 55.1 Å². The summed E-state index contributed by atoms with van der Waals surface area (Å²) in [6.45, 7) is 9.88. The van der Waals surface area contributed by atoms with E-state index in [0.29, 0.717) is 17.0 Å². The average Bonchev–Trinajstić information content (AvgIpc) is 2.83. The van der Waals surface area contributed by atoms with Crippen molar-refractivity contribution in [3.63, 3.8) is 0 Å². The number of nitrogens with one attached hydrogen (secondary N) is 1. The van der Waals surface area contributed by atoms with Gasteiger partial charge in [-0.05, 0) is 37.3 Å². The van der Waals surface area contributed by atoms with E-state index in [1.165, 1.54) is 5.56 Å². The molecule has 2 aromatic rings. The first-order chi connectivity index (χ1) is 10.4. The minimum atomic E-state index is -0.130. The molecule has 1 N–H and O–H groups in total. The fraction of sp³-hybridized carbons (Fsp3) is 0.444. The van der Waals surface area contributed by atoms with Crippen LogP contribution in [0.3, 0.4) is 0 Å². The molecular formula is C18H24N2O2. The maximum absolute atomic E-state index is 12.5. The van der Waals surface area contributed by atoms with Gasteiger partial charge < -0.3 is 9.84 Å². The van der Waals surface area contributed by atoms with Gasteiger partial charge in [0.25, 0.3) is 5.91 Å². The van der Waals surface area contributed by atoms with Crippen LogP contribution in [0.15, 0.2) is 28.8 Å². The minimum absolute atomic E-state index is 0.0351. The van der Waals surface area contributed by atoms with Gasteiger partial charge in [-0.2, -0.15) is 0 Å². The molecular weight excluding hydrogens is 276 g/mol. The zero-order valence-corrected chi connectivity index (χ0v) is 13.9. The number of carbonyl (C=O) groups is 1. The lowest BCUT2D eigenvalue weighted by Crippen LogP contribution is -2.32. The summed E-state index contributed by atoms with van der Waals surface area (Å²) < 4.78 is 5.08. The first-order valence-corrected chi connectivity index (χ1v) is 7.76. The Bertz CT molecular complexity index is 622. The number of rotatable bonds is 5. The lowest BCUT2D eigenvalue weighted by Gasteiger charge is -2.23. The lowest BCUT2D eigenvalue weighted by molar-refractivity contribution is 0.0923. The van der Waals surface area contributed by atoms with Crippen molar-refractivity contribution < 1.29 is 9.32 Å². The SMILES string of the molecule is CCc1ccc([C@H](NC(=O)c2c(C)noc2C)C(C)C)cc1. The van der Waals surface area contributed by atoms with Crippen molar-refractivity contribution >= 4 is 5.91 Å². The highest BCUT2D eigenvalue weighted by Gasteiger charge is 2.23. The molecule has 22 heavy (non-hydrogen) atoms. The van der Waals surface area contributed by atoms with Crippen LogP contribution in [-0.2, 0) is 6.42 Å². The zero-order valence-electron chi connectivity index (χ0n) is 13.9. The summed E-state index contributed by atoms with van der Waals surface area (Å²) in [4.78, 5) is 12.5. The molecule has 118 valence electrons. The molecule has 0 aliphatic carbocycles. The molecule has 0 unspecified atom stereocenters. The summed E-state index contributed by atoms with van der Waals surface area (Å²) in [5.74, 6) is 0.713. The first kappa shape index (κ1) is 16.3. The van der Waals surface area contributed by atoms with Gasteiger partial charge >= 0.3 is 0 Å². The third-order valence-electron chi connectivity index (χ3n) is 3.96. The van der Waals surface area contributed by atoms with Crippen molar-refractivity contribution in [1.82, 2.24) is 10.5 Å². The normalized spacial score (nSPS) is 12.5. The second-order valence-electron chi connectivity index (χ2n) is 5.99. The molecule has 0 aliphatic rings. The van der Waals surface area contributed by atoms with Crippen LogP contribution in [0.25, 0.3) is 0 Å². The van der Waals surface area contributed by atoms with E-state index in [2.05, 4.69) is 55.5 Å². The third kappa shape index (κ3) is 3.38. The number of aryl methyl sites for hydroxylation is 3. The van der Waals surface area contributed by atoms with Crippen LogP contribution in [0.4, 0.5) is 0 Å². The van der Waals surface area contributed by atoms with Crippen LogP contribution in [0.5, 0.6) is 0 Å². The van der Waals surface area contributed by atoms with Gasteiger partial charge in [-0.25, -0.2) is 0 Å². The summed E-state index contributed by atoms with van der Waals surface area (Å²) in [6, 6.07) is 8.39. The van der Waals surface area contributed by atoms with E-state index >= 15 is 0 Å². The molecule has 1 heterocycles. The zero-order chi connectivity index (χ0) is 16.3. The molecule has 1 aromatic carbocycles. The van der Waals surface area contributed by atoms with Gasteiger partial charge in [-0.1, -0.05) is 50.2 Å². The summed E-state index contributed by atoms with van der Waals surface area (Å²) >= 11 is 0. The Morgan fingerprint density at radius 1 is 1.23 bits per heavy atom. The first-order valence-electron chi connectivity index (χ1n) is 7.76. The Morgan fingerprint density at radius 2 is 1.86 bits per heavy atom. The Balaban J connectivity index is 2.23. The second kappa shape index (κ2) is 6.77. The average molecular weight is 300 g/mol. The van der Waals surface area contributed by atoms with Crippen LogP contribution in [-0.4, -0.2) is 11.1 Å². The van der Waals surface area contributed by atoms with E-state index < -0.39 is 0 Å². The summed E-state index contributed by atoms with van der Waals surface area (Å²) in [7, 11) is 0. The van der Waals surface area contributed by atoms with E-state index in [9.17, 15) is 4.79 Å². The molecule has 4 nitrogen and oxygen atoms in total. The molecule has 0 saturated heterocycles. The highest BCUT2D eigenvalue weighted by atomic mass is 16.5. The van der Waals surface area contributed by atoms with Gasteiger partial charge in [0.1, 0.15) is 11.3 Å². The summed E-state index contributed by atoms with van der Waals surface area (Å²) in [5, 5.41) is 6.96. The van der Waals surface area contributed by atoms with E-state index in [1.54, 1.807) is 13.8 Å². The van der Waals surface area contributed by atoms with Crippen molar-refractivity contribution in [3.8, 4) is 0 Å². The molecule has 1 aromatic heterocycles. The molecule has 0 fully saturated rings. The largest absolute Gasteiger partial charge is 0.361 e. The third-order valence-corrected chi connectivity index (χ3v) is 3.96. The number of amides is 1. The van der Waals surface area contributed by atoms with Gasteiger partial charge in [0, 0.05) is 0 Å². The van der Waals surface area contributed by atoms with Crippen LogP contribution < -0.4 is 5.32 Å². The Hall–Kier alpha value is -2.10. The Kier molecular flexibility index (Phi) is 5.01. The van der Waals surface area contributed by atoms with Crippen LogP contribution in [0, 0.1) is 19.8 Å². The number of aromatic nitrogens is 1.